The first-order valence-electron chi connectivity index (χ1n) is 29.3. The molecule has 3 unspecified atom stereocenters. The molecule has 0 bridgehead atoms. The first-order chi connectivity index (χ1) is 43.2. The van der Waals surface area contributed by atoms with Crippen LogP contribution < -0.4 is 24.3 Å². The zero-order chi connectivity index (χ0) is 65.1. The monoisotopic (exact) mass is 1260 g/mol. The summed E-state index contributed by atoms with van der Waals surface area (Å²) in [4.78, 5) is 128. The molecule has 0 saturated heterocycles. The number of anilines is 1. The molecule has 2 fully saturated rings. The van der Waals surface area contributed by atoms with E-state index in [0.29, 0.717) is 80.6 Å². The number of hydrogen-bond acceptors (Lipinski definition) is 24. The Labute approximate surface area is 524 Å². The van der Waals surface area contributed by atoms with Gasteiger partial charge in [0, 0.05) is 25.0 Å². The molecule has 1 aliphatic heterocycles. The van der Waals surface area contributed by atoms with E-state index >= 15 is 0 Å². The van der Waals surface area contributed by atoms with E-state index in [1.54, 1.807) is 69.3 Å². The molecule has 2 saturated carbocycles. The van der Waals surface area contributed by atoms with Gasteiger partial charge in [0.05, 0.1) is 104 Å². The molecule has 1 N–H and O–H groups in total. The van der Waals surface area contributed by atoms with Crippen LogP contribution in [0, 0.1) is 41.6 Å². The Balaban J connectivity index is 0.884. The number of ether oxygens (including phenoxy) is 11. The van der Waals surface area contributed by atoms with Gasteiger partial charge in [-0.3, -0.25) is 38.4 Å². The minimum absolute atomic E-state index is 0.0464. The van der Waals surface area contributed by atoms with Crippen LogP contribution in [0.4, 0.5) is 5.69 Å². The number of thioether (sulfide) groups is 1. The van der Waals surface area contributed by atoms with Crippen LogP contribution in [0.3, 0.4) is 0 Å². The second-order valence-electron chi connectivity index (χ2n) is 21.3. The molecule has 3 aromatic carbocycles. The van der Waals surface area contributed by atoms with E-state index in [-0.39, 0.29) is 86.6 Å². The maximum absolute atomic E-state index is 13.7. The quantitative estimate of drug-likeness (QED) is 0.0157. The number of esters is 10. The van der Waals surface area contributed by atoms with Gasteiger partial charge in [0.25, 0.3) is 5.70 Å². The molecule has 24 nitrogen and oxygen atoms in total. The van der Waals surface area contributed by atoms with Crippen LogP contribution in [0.1, 0.15) is 109 Å². The van der Waals surface area contributed by atoms with Crippen molar-refractivity contribution < 1.29 is 100 Å². The topological polar surface area (TPSA) is 312 Å². The van der Waals surface area contributed by atoms with Crippen LogP contribution in [-0.2, 0) is 93.9 Å². The summed E-state index contributed by atoms with van der Waals surface area (Å²) in [6, 6.07) is 18.2. The van der Waals surface area contributed by atoms with E-state index < -0.39 is 102 Å². The molecule has 0 radical (unpaired) electrons. The number of hydrogen-bond donors (Lipinski definition) is 1. The third-order valence-corrected chi connectivity index (χ3v) is 15.5. The Morgan fingerprint density at radius 2 is 0.933 bits per heavy atom. The van der Waals surface area contributed by atoms with Crippen molar-refractivity contribution in [2.45, 2.75) is 134 Å². The molecule has 478 valence electrons. The van der Waals surface area contributed by atoms with E-state index in [1.807, 2.05) is 6.07 Å². The van der Waals surface area contributed by atoms with Crippen molar-refractivity contribution in [3.05, 3.63) is 119 Å². The van der Waals surface area contributed by atoms with Crippen molar-refractivity contribution >= 4 is 77.1 Å². The Hall–Kier alpha value is -9.33. The molecule has 3 aromatic rings. The Morgan fingerprint density at radius 3 is 1.34 bits per heavy atom. The first-order valence-corrected chi connectivity index (χ1v) is 30.1. The fourth-order valence-electron chi connectivity index (χ4n) is 9.36. The highest BCUT2D eigenvalue weighted by atomic mass is 32.2. The van der Waals surface area contributed by atoms with E-state index in [0.717, 1.165) is 35.0 Å². The number of carbonyl (C=O) groups excluding carboxylic acids is 10. The minimum Gasteiger partial charge on any atom is -0.465 e. The number of carbonyl (C=O) groups is 10. The fraction of sp³-hybridized carbons (Fsp3) is 0.446. The summed E-state index contributed by atoms with van der Waals surface area (Å²) >= 11 is 0.981. The molecule has 1 heterocycles. The standard InChI is InChI=1S/C65H71N3O21S/c1-7-53(69)84-40(4)37-81-39(3)36-82-57(73)29-27-55(71)79-33-31-42-9-21-48(22-10-42)86-62(75)44-13-17-46(18-14-44)64(77)88-51-25-26-52(60-59(51)68-61(90-60)50(35-66)67-6)89-65(78)47-19-15-45(16-20-47)63(76)87-49-23-11-43(12-24-49)32-34-80-56(72)28-30-58(74)83-38-41(5)85-54(70)8-2/h7-12,21-26,39-41,44-47,68H,1-2,13-20,27-34,36-38H2,3-5H3/b61-50-. The summed E-state index contributed by atoms with van der Waals surface area (Å²) in [5.41, 5.74) is 1.57. The Morgan fingerprint density at radius 1 is 0.556 bits per heavy atom. The molecule has 0 amide bonds. The maximum atomic E-state index is 13.7. The summed E-state index contributed by atoms with van der Waals surface area (Å²) in [6.07, 6.45) is 3.06. The molecular weight excluding hydrogens is 1190 g/mol. The van der Waals surface area contributed by atoms with Crippen molar-refractivity contribution in [1.29, 1.82) is 5.26 Å². The van der Waals surface area contributed by atoms with Crippen molar-refractivity contribution in [3.63, 3.8) is 0 Å². The van der Waals surface area contributed by atoms with Gasteiger partial charge in [-0.05, 0) is 120 Å². The number of rotatable bonds is 31. The van der Waals surface area contributed by atoms with Crippen LogP contribution in [-0.4, -0.2) is 111 Å². The molecule has 90 heavy (non-hydrogen) atoms. The second-order valence-corrected chi connectivity index (χ2v) is 22.3. The van der Waals surface area contributed by atoms with Gasteiger partial charge in [-0.1, -0.05) is 49.2 Å². The molecule has 6 rings (SSSR count). The summed E-state index contributed by atoms with van der Waals surface area (Å²) in [5, 5.41) is 12.9. The highest BCUT2D eigenvalue weighted by Crippen LogP contribution is 2.52. The van der Waals surface area contributed by atoms with Gasteiger partial charge in [-0.15, -0.1) is 0 Å². The molecule has 3 atom stereocenters. The molecule has 2 aliphatic carbocycles. The van der Waals surface area contributed by atoms with Gasteiger partial charge in [0.2, 0.25) is 0 Å². The zero-order valence-corrected chi connectivity index (χ0v) is 51.0. The Kier molecular flexibility index (Phi) is 27.6. The third kappa shape index (κ3) is 22.7. The second kappa shape index (κ2) is 35.6. The lowest BCUT2D eigenvalue weighted by Crippen LogP contribution is -2.30. The van der Waals surface area contributed by atoms with Crippen LogP contribution in [0.15, 0.2) is 102 Å². The number of nitriles is 1. The largest absolute Gasteiger partial charge is 0.465 e. The van der Waals surface area contributed by atoms with E-state index in [9.17, 15) is 53.2 Å². The van der Waals surface area contributed by atoms with Crippen LogP contribution >= 0.6 is 11.8 Å². The van der Waals surface area contributed by atoms with Crippen molar-refractivity contribution in [1.82, 2.24) is 0 Å². The SMILES string of the molecule is [C-]#[N+]/C(C#N)=C1/Nc2c(OC(=O)C3CCC(C(=O)Oc4ccc(CCOC(=O)CCC(=O)OCC(C)OCC(C)OC(=O)C=C)cc4)CC3)ccc(OC(=O)C3CCC(C(=O)Oc4ccc(CCOC(=O)CCC(=O)OCC(C)OC(=O)C=C)cc4)CC3)c2S1. The average molecular weight is 1260 g/mol. The van der Waals surface area contributed by atoms with Gasteiger partial charge in [0.1, 0.15) is 42.7 Å². The molecule has 0 aromatic heterocycles. The molecule has 3 aliphatic rings. The molecule has 0 spiro atoms. The van der Waals surface area contributed by atoms with E-state index in [2.05, 4.69) is 23.3 Å². The van der Waals surface area contributed by atoms with Crippen LogP contribution in [0.5, 0.6) is 23.0 Å². The summed E-state index contributed by atoms with van der Waals surface area (Å²) in [5.74, 6) is -6.92. The van der Waals surface area contributed by atoms with Crippen molar-refractivity contribution in [2.24, 2.45) is 23.7 Å². The normalized spacial score (nSPS) is 18.0. The van der Waals surface area contributed by atoms with Crippen LogP contribution in [0.2, 0.25) is 0 Å². The number of nitrogens with one attached hydrogen (secondary N) is 1. The van der Waals surface area contributed by atoms with Gasteiger partial charge in [-0.2, -0.15) is 0 Å². The predicted molar refractivity (Wildman–Crippen MR) is 318 cm³/mol. The number of allylic oxidation sites excluding steroid dienone is 1. The highest BCUT2D eigenvalue weighted by Gasteiger charge is 2.37. The highest BCUT2D eigenvalue weighted by molar-refractivity contribution is 8.03. The predicted octanol–water partition coefficient (Wildman–Crippen LogP) is 8.91. The molecular formula is C65H71N3O21S. The number of fused-ring (bicyclic) bond motifs is 1. The minimum atomic E-state index is -0.676. The van der Waals surface area contributed by atoms with Gasteiger partial charge >= 0.3 is 59.7 Å². The smallest absolute Gasteiger partial charge is 0.330 e. The zero-order valence-electron chi connectivity index (χ0n) is 50.2. The third-order valence-electron chi connectivity index (χ3n) is 14.4. The lowest BCUT2D eigenvalue weighted by atomic mass is 9.82. The van der Waals surface area contributed by atoms with Crippen molar-refractivity contribution in [2.75, 3.05) is 38.4 Å². The molecule has 25 heteroatoms. The van der Waals surface area contributed by atoms with E-state index in [4.69, 9.17) is 58.7 Å². The number of benzene rings is 3. The lowest BCUT2D eigenvalue weighted by Gasteiger charge is -2.26. The van der Waals surface area contributed by atoms with Crippen LogP contribution in [0.25, 0.3) is 4.85 Å². The van der Waals surface area contributed by atoms with E-state index in [1.165, 1.54) is 12.1 Å². The van der Waals surface area contributed by atoms with Gasteiger partial charge < -0.3 is 57.4 Å². The lowest BCUT2D eigenvalue weighted by molar-refractivity contribution is -0.156. The summed E-state index contributed by atoms with van der Waals surface area (Å²) in [6.45, 7) is 19.0. The van der Waals surface area contributed by atoms with Gasteiger partial charge in [-0.25, -0.2) is 19.7 Å². The van der Waals surface area contributed by atoms with Crippen molar-refractivity contribution in [3.8, 4) is 29.1 Å². The number of nitrogens with zero attached hydrogens (tertiary/aromatic N) is 2. The average Bonchev–Trinajstić information content (AvgIpc) is 1.63. The summed E-state index contributed by atoms with van der Waals surface area (Å²) < 4.78 is 59.3. The fourth-order valence-corrected chi connectivity index (χ4v) is 10.4. The van der Waals surface area contributed by atoms with Gasteiger partial charge in [0.15, 0.2) is 5.75 Å². The Bertz CT molecular complexity index is 3210. The maximum Gasteiger partial charge on any atom is 0.330 e. The summed E-state index contributed by atoms with van der Waals surface area (Å²) in [7, 11) is 0. The first kappa shape index (κ1) is 69.8.